The first-order valence-corrected chi connectivity index (χ1v) is 6.12. The van der Waals surface area contributed by atoms with E-state index in [-0.39, 0.29) is 11.6 Å². The van der Waals surface area contributed by atoms with Gasteiger partial charge in [-0.25, -0.2) is 3.96 Å². The third-order valence-electron chi connectivity index (χ3n) is 2.55. The quantitative estimate of drug-likeness (QED) is 0.744. The lowest BCUT2D eigenvalue weighted by atomic mass is 10.2. The van der Waals surface area contributed by atoms with Crippen LogP contribution in [0, 0.1) is 12.3 Å². The summed E-state index contributed by atoms with van der Waals surface area (Å²) in [6, 6.07) is 7.52. The summed E-state index contributed by atoms with van der Waals surface area (Å²) in [6.07, 6.45) is 7.31. The van der Waals surface area contributed by atoms with Gasteiger partial charge in [0.05, 0.1) is 10.1 Å². The van der Waals surface area contributed by atoms with E-state index >= 15 is 0 Å². The maximum absolute atomic E-state index is 12.1. The molecule has 0 radical (unpaired) electrons. The van der Waals surface area contributed by atoms with Gasteiger partial charge in [0.15, 0.2) is 0 Å². The van der Waals surface area contributed by atoms with E-state index in [1.807, 2.05) is 24.3 Å². The Hall–Kier alpha value is -1.53. The molecule has 0 aliphatic heterocycles. The number of fused-ring (bicyclic) bond motifs is 1. The van der Waals surface area contributed by atoms with Gasteiger partial charge in [-0.15, -0.1) is 6.42 Å². The molecular formula is C13H13NOS. The second-order valence-electron chi connectivity index (χ2n) is 3.69. The first-order chi connectivity index (χ1) is 7.77. The molecule has 82 valence electrons. The zero-order chi connectivity index (χ0) is 11.5. The summed E-state index contributed by atoms with van der Waals surface area (Å²) in [5, 5.41) is 0.767. The van der Waals surface area contributed by atoms with Gasteiger partial charge in [-0.3, -0.25) is 4.79 Å². The van der Waals surface area contributed by atoms with E-state index < -0.39 is 0 Å². The predicted octanol–water partition coefficient (Wildman–Crippen LogP) is 3.04. The van der Waals surface area contributed by atoms with Crippen LogP contribution in [0.5, 0.6) is 0 Å². The molecule has 3 heteroatoms. The molecule has 0 bridgehead atoms. The summed E-state index contributed by atoms with van der Waals surface area (Å²) in [5.74, 6) is 2.69. The van der Waals surface area contributed by atoms with E-state index in [1.165, 1.54) is 11.5 Å². The molecule has 1 unspecified atom stereocenters. The van der Waals surface area contributed by atoms with Gasteiger partial charge in [0, 0.05) is 0 Å². The van der Waals surface area contributed by atoms with Gasteiger partial charge in [-0.1, -0.05) is 42.9 Å². The summed E-state index contributed by atoms with van der Waals surface area (Å²) in [5.41, 5.74) is 0.0389. The van der Waals surface area contributed by atoms with Gasteiger partial charge in [-0.05, 0) is 18.6 Å². The number of rotatable bonds is 3. The molecule has 1 aromatic carbocycles. The lowest BCUT2D eigenvalue weighted by Gasteiger charge is -2.08. The Morgan fingerprint density at radius 3 is 2.88 bits per heavy atom. The van der Waals surface area contributed by atoms with E-state index in [0.29, 0.717) is 0 Å². The van der Waals surface area contributed by atoms with Crippen LogP contribution in [-0.2, 0) is 0 Å². The summed E-state index contributed by atoms with van der Waals surface area (Å²) >= 11 is 1.46. The average Bonchev–Trinajstić information content (AvgIpc) is 2.64. The minimum Gasteiger partial charge on any atom is -0.268 e. The zero-order valence-electron chi connectivity index (χ0n) is 9.14. The van der Waals surface area contributed by atoms with Crippen molar-refractivity contribution in [3.8, 4) is 12.3 Å². The molecule has 2 rings (SSSR count). The van der Waals surface area contributed by atoms with Crippen molar-refractivity contribution < 1.29 is 0 Å². The SMILES string of the molecule is C#CC(CCC)n1sc2ccccc2c1=O. The van der Waals surface area contributed by atoms with Crippen LogP contribution in [0.1, 0.15) is 25.8 Å². The van der Waals surface area contributed by atoms with Crippen molar-refractivity contribution in [3.05, 3.63) is 34.6 Å². The number of hydrogen-bond donors (Lipinski definition) is 0. The molecule has 16 heavy (non-hydrogen) atoms. The minimum atomic E-state index is -0.102. The lowest BCUT2D eigenvalue weighted by molar-refractivity contribution is 0.592. The average molecular weight is 231 g/mol. The van der Waals surface area contributed by atoms with Crippen LogP contribution in [0.2, 0.25) is 0 Å². The molecule has 0 saturated carbocycles. The largest absolute Gasteiger partial charge is 0.269 e. The van der Waals surface area contributed by atoms with E-state index in [9.17, 15) is 4.79 Å². The van der Waals surface area contributed by atoms with E-state index in [2.05, 4.69) is 12.8 Å². The maximum Gasteiger partial charge on any atom is 0.269 e. The fraction of sp³-hybridized carbons (Fsp3) is 0.308. The molecule has 2 nitrogen and oxygen atoms in total. The lowest BCUT2D eigenvalue weighted by Crippen LogP contribution is -2.17. The highest BCUT2D eigenvalue weighted by Gasteiger charge is 2.13. The van der Waals surface area contributed by atoms with E-state index in [0.717, 1.165) is 22.9 Å². The fourth-order valence-corrected chi connectivity index (χ4v) is 2.82. The summed E-state index contributed by atoms with van der Waals surface area (Å²) in [7, 11) is 0. The third-order valence-corrected chi connectivity index (χ3v) is 3.72. The molecule has 0 aliphatic rings. The topological polar surface area (TPSA) is 22.0 Å². The minimum absolute atomic E-state index is 0.0389. The summed E-state index contributed by atoms with van der Waals surface area (Å²) in [6.45, 7) is 2.07. The van der Waals surface area contributed by atoms with Crippen molar-refractivity contribution in [2.45, 2.75) is 25.8 Å². The smallest absolute Gasteiger partial charge is 0.268 e. The van der Waals surface area contributed by atoms with Crippen molar-refractivity contribution >= 4 is 21.6 Å². The van der Waals surface area contributed by atoms with Crippen LogP contribution >= 0.6 is 11.5 Å². The molecule has 0 spiro atoms. The molecular weight excluding hydrogens is 218 g/mol. The highest BCUT2D eigenvalue weighted by atomic mass is 32.1. The molecule has 0 saturated heterocycles. The van der Waals surface area contributed by atoms with Crippen LogP contribution in [0.25, 0.3) is 10.1 Å². The van der Waals surface area contributed by atoms with Crippen LogP contribution in [0.4, 0.5) is 0 Å². The number of aromatic nitrogens is 1. The second kappa shape index (κ2) is 4.54. The number of nitrogens with zero attached hydrogens (tertiary/aromatic N) is 1. The van der Waals surface area contributed by atoms with Crippen LogP contribution in [-0.4, -0.2) is 3.96 Å². The molecule has 0 amide bonds. The Morgan fingerprint density at radius 2 is 2.25 bits per heavy atom. The van der Waals surface area contributed by atoms with Crippen molar-refractivity contribution in [2.24, 2.45) is 0 Å². The Morgan fingerprint density at radius 1 is 1.50 bits per heavy atom. The molecule has 1 heterocycles. The molecule has 1 aromatic heterocycles. The number of terminal acetylenes is 1. The van der Waals surface area contributed by atoms with Gasteiger partial charge >= 0.3 is 0 Å². The van der Waals surface area contributed by atoms with E-state index in [1.54, 1.807) is 3.96 Å². The first-order valence-electron chi connectivity index (χ1n) is 5.34. The molecule has 0 aliphatic carbocycles. The van der Waals surface area contributed by atoms with E-state index in [4.69, 9.17) is 6.42 Å². The third kappa shape index (κ3) is 1.77. The number of hydrogen-bond acceptors (Lipinski definition) is 2. The highest BCUT2D eigenvalue weighted by molar-refractivity contribution is 7.13. The van der Waals surface area contributed by atoms with Crippen molar-refractivity contribution in [1.29, 1.82) is 0 Å². The van der Waals surface area contributed by atoms with Crippen molar-refractivity contribution in [2.75, 3.05) is 0 Å². The highest BCUT2D eigenvalue weighted by Crippen LogP contribution is 2.21. The second-order valence-corrected chi connectivity index (χ2v) is 4.71. The summed E-state index contributed by atoms with van der Waals surface area (Å²) < 4.78 is 2.72. The van der Waals surface area contributed by atoms with Gasteiger partial charge in [0.2, 0.25) is 0 Å². The van der Waals surface area contributed by atoms with Gasteiger partial charge in [0.1, 0.15) is 6.04 Å². The Balaban J connectivity index is 2.57. The standard InChI is InChI=1S/C13H13NOS/c1-3-7-10(4-2)14-13(15)11-8-5-6-9-12(11)16-14/h2,5-6,8-10H,3,7H2,1H3. The Kier molecular flexibility index (Phi) is 3.12. The molecule has 0 N–H and O–H groups in total. The first kappa shape index (κ1) is 11.0. The van der Waals surface area contributed by atoms with Crippen molar-refractivity contribution in [3.63, 3.8) is 0 Å². The van der Waals surface area contributed by atoms with Gasteiger partial charge < -0.3 is 0 Å². The number of benzene rings is 1. The zero-order valence-corrected chi connectivity index (χ0v) is 9.96. The Labute approximate surface area is 98.7 Å². The van der Waals surface area contributed by atoms with Crippen LogP contribution < -0.4 is 5.56 Å². The van der Waals surface area contributed by atoms with Crippen LogP contribution in [0.3, 0.4) is 0 Å². The maximum atomic E-state index is 12.1. The van der Waals surface area contributed by atoms with Gasteiger partial charge in [0.25, 0.3) is 5.56 Å². The van der Waals surface area contributed by atoms with Gasteiger partial charge in [-0.2, -0.15) is 0 Å². The molecule has 1 atom stereocenters. The molecule has 0 fully saturated rings. The predicted molar refractivity (Wildman–Crippen MR) is 68.9 cm³/mol. The summed E-state index contributed by atoms with van der Waals surface area (Å²) in [4.78, 5) is 12.1. The normalized spacial score (nSPS) is 12.5. The Bertz CT molecular complexity index is 588. The molecule has 2 aromatic rings. The van der Waals surface area contributed by atoms with Crippen molar-refractivity contribution in [1.82, 2.24) is 3.96 Å². The fourth-order valence-electron chi connectivity index (χ4n) is 1.74. The van der Waals surface area contributed by atoms with Crippen LogP contribution in [0.15, 0.2) is 29.1 Å². The monoisotopic (exact) mass is 231 g/mol.